The van der Waals surface area contributed by atoms with E-state index in [2.05, 4.69) is 42.7 Å². The van der Waals surface area contributed by atoms with Crippen LogP contribution in [0.1, 0.15) is 48.2 Å². The zero-order chi connectivity index (χ0) is 17.7. The molecule has 2 aromatic carbocycles. The normalized spacial score (nSPS) is 13.4. The fourth-order valence-corrected chi connectivity index (χ4v) is 2.89. The Bertz CT molecular complexity index is 715. The molecule has 128 valence electrons. The fourth-order valence-electron chi connectivity index (χ4n) is 2.59. The van der Waals surface area contributed by atoms with Crippen LogP contribution in [-0.4, -0.2) is 12.5 Å². The largest absolute Gasteiger partial charge is 0.348 e. The lowest BCUT2D eigenvalue weighted by atomic mass is 10.0. The van der Waals surface area contributed by atoms with E-state index in [0.29, 0.717) is 5.02 Å². The third kappa shape index (κ3) is 4.83. The lowest BCUT2D eigenvalue weighted by Gasteiger charge is -2.18. The summed E-state index contributed by atoms with van der Waals surface area (Å²) in [5, 5.41) is 6.96. The highest BCUT2D eigenvalue weighted by molar-refractivity contribution is 6.31. The molecule has 4 heteroatoms. The van der Waals surface area contributed by atoms with E-state index in [1.807, 2.05) is 38.1 Å². The number of hydrogen-bond donors (Lipinski definition) is 2. The quantitative estimate of drug-likeness (QED) is 0.810. The van der Waals surface area contributed by atoms with Gasteiger partial charge in [-0.3, -0.25) is 4.79 Å². The Morgan fingerprint density at radius 2 is 1.75 bits per heavy atom. The molecular weight excluding hydrogens is 320 g/mol. The van der Waals surface area contributed by atoms with Gasteiger partial charge in [-0.25, -0.2) is 0 Å². The van der Waals surface area contributed by atoms with Gasteiger partial charge in [-0.1, -0.05) is 48.0 Å². The van der Waals surface area contributed by atoms with E-state index in [1.165, 1.54) is 11.1 Å². The summed E-state index contributed by atoms with van der Waals surface area (Å²) in [7, 11) is 0. The Labute approximate surface area is 149 Å². The summed E-state index contributed by atoms with van der Waals surface area (Å²) in [5.74, 6) is -0.0281. The van der Waals surface area contributed by atoms with Crippen molar-refractivity contribution in [1.29, 1.82) is 0 Å². The maximum atomic E-state index is 12.2. The van der Waals surface area contributed by atoms with Gasteiger partial charge in [-0.05, 0) is 56.0 Å². The van der Waals surface area contributed by atoms with E-state index in [0.717, 1.165) is 11.1 Å². The molecule has 2 rings (SSSR count). The van der Waals surface area contributed by atoms with E-state index in [1.54, 1.807) is 0 Å². The number of carbonyl (C=O) groups is 1. The number of rotatable bonds is 6. The maximum Gasteiger partial charge on any atom is 0.234 e. The highest BCUT2D eigenvalue weighted by Gasteiger charge is 2.13. The third-order valence-corrected chi connectivity index (χ3v) is 4.69. The molecule has 3 nitrogen and oxygen atoms in total. The van der Waals surface area contributed by atoms with Gasteiger partial charge in [0.15, 0.2) is 0 Å². The van der Waals surface area contributed by atoms with Crippen molar-refractivity contribution in [3.63, 3.8) is 0 Å². The van der Waals surface area contributed by atoms with Crippen LogP contribution in [0.4, 0.5) is 0 Å². The second kappa shape index (κ2) is 8.32. The smallest absolute Gasteiger partial charge is 0.234 e. The van der Waals surface area contributed by atoms with Crippen LogP contribution in [0.15, 0.2) is 42.5 Å². The van der Waals surface area contributed by atoms with Crippen molar-refractivity contribution < 1.29 is 4.79 Å². The molecule has 0 saturated heterocycles. The van der Waals surface area contributed by atoms with Gasteiger partial charge in [0.2, 0.25) is 5.91 Å². The van der Waals surface area contributed by atoms with Gasteiger partial charge >= 0.3 is 0 Å². The van der Waals surface area contributed by atoms with E-state index < -0.39 is 0 Å². The standard InChI is InChI=1S/C20H25ClN2O/c1-13-9-10-17(11-14(13)2)15(3)23-20(24)12-22-16(4)18-7-5-6-8-19(18)21/h5-11,15-16,22H,12H2,1-4H3,(H,23,24)/t15-,16-/m0/s1. The molecule has 0 bridgehead atoms. The van der Waals surface area contributed by atoms with Crippen LogP contribution in [0, 0.1) is 13.8 Å². The minimum Gasteiger partial charge on any atom is -0.348 e. The van der Waals surface area contributed by atoms with Crippen LogP contribution in [0.25, 0.3) is 0 Å². The number of aryl methyl sites for hydroxylation is 2. The molecule has 0 spiro atoms. The lowest BCUT2D eigenvalue weighted by Crippen LogP contribution is -2.36. The van der Waals surface area contributed by atoms with Crippen molar-refractivity contribution in [3.8, 4) is 0 Å². The summed E-state index contributed by atoms with van der Waals surface area (Å²) in [4.78, 5) is 12.2. The molecular formula is C20H25ClN2O. The molecule has 2 atom stereocenters. The summed E-state index contributed by atoms with van der Waals surface area (Å²) in [6.45, 7) is 8.42. The Kier molecular flexibility index (Phi) is 6.41. The fraction of sp³-hybridized carbons (Fsp3) is 0.350. The minimum absolute atomic E-state index is 0.0152. The molecule has 2 aromatic rings. The molecule has 0 heterocycles. The summed E-state index contributed by atoms with van der Waals surface area (Å²) in [5.41, 5.74) is 4.60. The SMILES string of the molecule is Cc1ccc([C@H](C)NC(=O)CN[C@@H](C)c2ccccc2Cl)cc1C. The van der Waals surface area contributed by atoms with Gasteiger partial charge in [0, 0.05) is 11.1 Å². The zero-order valence-electron chi connectivity index (χ0n) is 14.7. The number of nitrogens with one attached hydrogen (secondary N) is 2. The molecule has 0 aliphatic rings. The monoisotopic (exact) mass is 344 g/mol. The van der Waals surface area contributed by atoms with Crippen molar-refractivity contribution in [2.45, 2.75) is 39.8 Å². The summed E-state index contributed by atoms with van der Waals surface area (Å²) >= 11 is 6.19. The van der Waals surface area contributed by atoms with Crippen molar-refractivity contribution >= 4 is 17.5 Å². The van der Waals surface area contributed by atoms with Crippen molar-refractivity contribution in [3.05, 3.63) is 69.7 Å². The average Bonchev–Trinajstić information content (AvgIpc) is 2.55. The first-order valence-electron chi connectivity index (χ1n) is 8.22. The number of halogens is 1. The van der Waals surface area contributed by atoms with E-state index in [9.17, 15) is 4.79 Å². The summed E-state index contributed by atoms with van der Waals surface area (Å²) in [6, 6.07) is 13.9. The van der Waals surface area contributed by atoms with Gasteiger partial charge in [0.25, 0.3) is 0 Å². The highest BCUT2D eigenvalue weighted by Crippen LogP contribution is 2.22. The second-order valence-corrected chi connectivity index (χ2v) is 6.66. The van der Waals surface area contributed by atoms with Crippen molar-refractivity contribution in [1.82, 2.24) is 10.6 Å². The van der Waals surface area contributed by atoms with Gasteiger partial charge in [-0.2, -0.15) is 0 Å². The van der Waals surface area contributed by atoms with Gasteiger partial charge in [0.05, 0.1) is 12.6 Å². The molecule has 0 aromatic heterocycles. The van der Waals surface area contributed by atoms with Crippen LogP contribution in [0.3, 0.4) is 0 Å². The van der Waals surface area contributed by atoms with Crippen LogP contribution in [-0.2, 0) is 4.79 Å². The third-order valence-electron chi connectivity index (χ3n) is 4.35. The first-order valence-corrected chi connectivity index (χ1v) is 8.60. The number of benzene rings is 2. The van der Waals surface area contributed by atoms with Crippen molar-refractivity contribution in [2.24, 2.45) is 0 Å². The number of carbonyl (C=O) groups excluding carboxylic acids is 1. The Morgan fingerprint density at radius 1 is 1.04 bits per heavy atom. The Balaban J connectivity index is 1.88. The molecule has 2 N–H and O–H groups in total. The number of hydrogen-bond acceptors (Lipinski definition) is 2. The minimum atomic E-state index is -0.0281. The topological polar surface area (TPSA) is 41.1 Å². The van der Waals surface area contributed by atoms with E-state index in [-0.39, 0.29) is 24.5 Å². The molecule has 0 aliphatic carbocycles. The Morgan fingerprint density at radius 3 is 2.42 bits per heavy atom. The zero-order valence-corrected chi connectivity index (χ0v) is 15.4. The first kappa shape index (κ1) is 18.5. The van der Waals surface area contributed by atoms with Crippen molar-refractivity contribution in [2.75, 3.05) is 6.54 Å². The Hall–Kier alpha value is -1.84. The van der Waals surface area contributed by atoms with Crippen LogP contribution in [0.5, 0.6) is 0 Å². The van der Waals surface area contributed by atoms with Crippen LogP contribution < -0.4 is 10.6 Å². The predicted molar refractivity (Wildman–Crippen MR) is 100 cm³/mol. The molecule has 1 amide bonds. The van der Waals surface area contributed by atoms with Crippen LogP contribution >= 0.6 is 11.6 Å². The van der Waals surface area contributed by atoms with Gasteiger partial charge in [-0.15, -0.1) is 0 Å². The average molecular weight is 345 g/mol. The lowest BCUT2D eigenvalue weighted by molar-refractivity contribution is -0.121. The van der Waals surface area contributed by atoms with E-state index >= 15 is 0 Å². The van der Waals surface area contributed by atoms with Crippen LogP contribution in [0.2, 0.25) is 5.02 Å². The maximum absolute atomic E-state index is 12.2. The summed E-state index contributed by atoms with van der Waals surface area (Å²) in [6.07, 6.45) is 0. The predicted octanol–water partition coefficient (Wildman–Crippen LogP) is 4.48. The second-order valence-electron chi connectivity index (χ2n) is 6.26. The summed E-state index contributed by atoms with van der Waals surface area (Å²) < 4.78 is 0. The molecule has 0 fully saturated rings. The highest BCUT2D eigenvalue weighted by atomic mass is 35.5. The molecule has 24 heavy (non-hydrogen) atoms. The molecule has 0 unspecified atom stereocenters. The molecule has 0 saturated carbocycles. The van der Waals surface area contributed by atoms with Gasteiger partial charge < -0.3 is 10.6 Å². The first-order chi connectivity index (χ1) is 11.4. The molecule has 0 radical (unpaired) electrons. The van der Waals surface area contributed by atoms with E-state index in [4.69, 9.17) is 11.6 Å². The van der Waals surface area contributed by atoms with Gasteiger partial charge in [0.1, 0.15) is 0 Å². The number of amides is 1. The molecule has 0 aliphatic heterocycles.